The van der Waals surface area contributed by atoms with Crippen molar-refractivity contribution >= 4 is 23.6 Å². The third-order valence-electron chi connectivity index (χ3n) is 4.67. The molecule has 1 aromatic heterocycles. The van der Waals surface area contributed by atoms with Gasteiger partial charge >= 0.3 is 6.03 Å². The van der Waals surface area contributed by atoms with Gasteiger partial charge < -0.3 is 20.6 Å². The van der Waals surface area contributed by atoms with Crippen LogP contribution in [0.2, 0.25) is 5.02 Å². The van der Waals surface area contributed by atoms with E-state index in [1.54, 1.807) is 24.1 Å². The molecular weight excluding hydrogens is 385 g/mol. The van der Waals surface area contributed by atoms with Crippen LogP contribution < -0.4 is 10.6 Å². The summed E-state index contributed by atoms with van der Waals surface area (Å²) >= 11 is 5.71. The van der Waals surface area contributed by atoms with Crippen molar-refractivity contribution in [1.29, 1.82) is 0 Å². The molecule has 0 saturated carbocycles. The Bertz CT molecular complexity index is 866. The number of hydrogen-bond acceptors (Lipinski definition) is 5. The first kappa shape index (κ1) is 20.3. The van der Waals surface area contributed by atoms with Gasteiger partial charge in [0.25, 0.3) is 0 Å². The van der Waals surface area contributed by atoms with E-state index >= 15 is 0 Å². The number of benzene rings is 1. The Balaban J connectivity index is 1.66. The maximum atomic E-state index is 13.7. The van der Waals surface area contributed by atoms with E-state index in [1.165, 1.54) is 12.1 Å². The predicted molar refractivity (Wildman–Crippen MR) is 105 cm³/mol. The molecule has 0 saturated heterocycles. The van der Waals surface area contributed by atoms with Crippen LogP contribution in [0.15, 0.2) is 24.4 Å². The molecule has 3 rings (SSSR count). The van der Waals surface area contributed by atoms with E-state index < -0.39 is 5.82 Å². The van der Waals surface area contributed by atoms with Gasteiger partial charge in [-0.25, -0.2) is 19.2 Å². The third kappa shape index (κ3) is 4.69. The molecule has 1 aliphatic heterocycles. The third-order valence-corrected chi connectivity index (χ3v) is 4.97. The smallest absolute Gasteiger partial charge is 0.318 e. The molecule has 0 aliphatic carbocycles. The van der Waals surface area contributed by atoms with Gasteiger partial charge in [0.05, 0.1) is 29.9 Å². The monoisotopic (exact) mass is 407 g/mol. The minimum absolute atomic E-state index is 0.0296. The molecule has 28 heavy (non-hydrogen) atoms. The second kappa shape index (κ2) is 8.70. The number of carbonyl (C=O) groups is 1. The number of nitrogens with one attached hydrogen (secondary N) is 2. The molecule has 7 nitrogen and oxygen atoms in total. The molecule has 150 valence electrons. The van der Waals surface area contributed by atoms with Gasteiger partial charge in [-0.1, -0.05) is 17.7 Å². The molecule has 1 aromatic carbocycles. The molecule has 2 amide bonds. The first-order valence-corrected chi connectivity index (χ1v) is 9.47. The van der Waals surface area contributed by atoms with Gasteiger partial charge in [0.15, 0.2) is 0 Å². The lowest BCUT2D eigenvalue weighted by atomic mass is 10.1. The summed E-state index contributed by atoms with van der Waals surface area (Å²) in [7, 11) is 0. The van der Waals surface area contributed by atoms with Gasteiger partial charge in [-0.2, -0.15) is 0 Å². The van der Waals surface area contributed by atoms with Crippen molar-refractivity contribution in [3.8, 4) is 0 Å². The normalized spacial score (nSPS) is 15.5. The lowest BCUT2D eigenvalue weighted by Crippen LogP contribution is -2.44. The van der Waals surface area contributed by atoms with Gasteiger partial charge in [-0.05, 0) is 43.5 Å². The topological polar surface area (TPSA) is 90.4 Å². The van der Waals surface area contributed by atoms with Crippen molar-refractivity contribution in [2.45, 2.75) is 38.9 Å². The van der Waals surface area contributed by atoms with Crippen molar-refractivity contribution in [1.82, 2.24) is 20.2 Å². The van der Waals surface area contributed by atoms with Gasteiger partial charge in [0.2, 0.25) is 5.95 Å². The highest BCUT2D eigenvalue weighted by Gasteiger charge is 2.24. The average Bonchev–Trinajstić information content (AvgIpc) is 2.69. The number of rotatable bonds is 5. The van der Waals surface area contributed by atoms with Crippen LogP contribution in [-0.4, -0.2) is 45.2 Å². The molecule has 2 heterocycles. The van der Waals surface area contributed by atoms with E-state index in [1.807, 2.05) is 6.92 Å². The van der Waals surface area contributed by atoms with Crippen molar-refractivity contribution < 1.29 is 14.3 Å². The Morgan fingerprint density at radius 2 is 2.21 bits per heavy atom. The summed E-state index contributed by atoms with van der Waals surface area (Å²) in [5.74, 6) is -0.0893. The SMILES string of the molecule is C[C@@H](CO)Nc1ncc2c(n1)CN(C(=O)N[C@H](C)c1ccc(Cl)c(F)c1)CC2. The summed E-state index contributed by atoms with van der Waals surface area (Å²) in [6, 6.07) is 3.72. The first-order chi connectivity index (χ1) is 13.4. The highest BCUT2D eigenvalue weighted by atomic mass is 35.5. The second-order valence-electron chi connectivity index (χ2n) is 6.91. The van der Waals surface area contributed by atoms with E-state index in [0.29, 0.717) is 31.0 Å². The predicted octanol–water partition coefficient (Wildman–Crippen LogP) is 2.89. The maximum absolute atomic E-state index is 13.7. The van der Waals surface area contributed by atoms with Crippen LogP contribution in [0, 0.1) is 5.82 Å². The van der Waals surface area contributed by atoms with E-state index in [9.17, 15) is 9.18 Å². The molecule has 0 bridgehead atoms. The van der Waals surface area contributed by atoms with Crippen molar-refractivity contribution in [2.24, 2.45) is 0 Å². The molecule has 3 N–H and O–H groups in total. The van der Waals surface area contributed by atoms with Crippen LogP contribution in [0.1, 0.15) is 36.7 Å². The number of fused-ring (bicyclic) bond motifs is 1. The lowest BCUT2D eigenvalue weighted by Gasteiger charge is -2.29. The molecule has 0 spiro atoms. The summed E-state index contributed by atoms with van der Waals surface area (Å²) in [5.41, 5.74) is 2.41. The Morgan fingerprint density at radius 1 is 1.43 bits per heavy atom. The fourth-order valence-electron chi connectivity index (χ4n) is 2.95. The van der Waals surface area contributed by atoms with Gasteiger partial charge in [-0.15, -0.1) is 0 Å². The molecule has 0 unspecified atom stereocenters. The minimum atomic E-state index is -0.513. The van der Waals surface area contributed by atoms with Crippen molar-refractivity contribution in [2.75, 3.05) is 18.5 Å². The summed E-state index contributed by atoms with van der Waals surface area (Å²) in [5, 5.41) is 15.1. The summed E-state index contributed by atoms with van der Waals surface area (Å²) in [6.45, 7) is 4.48. The van der Waals surface area contributed by atoms with E-state index in [4.69, 9.17) is 16.7 Å². The highest BCUT2D eigenvalue weighted by Crippen LogP contribution is 2.22. The number of aromatic nitrogens is 2. The van der Waals surface area contributed by atoms with Crippen LogP contribution in [0.4, 0.5) is 15.1 Å². The average molecular weight is 408 g/mol. The van der Waals surface area contributed by atoms with Crippen LogP contribution in [-0.2, 0) is 13.0 Å². The van der Waals surface area contributed by atoms with E-state index in [0.717, 1.165) is 11.3 Å². The Morgan fingerprint density at radius 3 is 2.93 bits per heavy atom. The number of aliphatic hydroxyl groups is 1. The molecule has 0 fully saturated rings. The number of urea groups is 1. The molecule has 2 atom stereocenters. The maximum Gasteiger partial charge on any atom is 0.318 e. The van der Waals surface area contributed by atoms with Crippen molar-refractivity contribution in [3.63, 3.8) is 0 Å². The summed E-state index contributed by atoms with van der Waals surface area (Å²) in [6.07, 6.45) is 2.41. The first-order valence-electron chi connectivity index (χ1n) is 9.10. The largest absolute Gasteiger partial charge is 0.394 e. The van der Waals surface area contributed by atoms with Gasteiger partial charge in [-0.3, -0.25) is 0 Å². The number of nitrogens with zero attached hydrogens (tertiary/aromatic N) is 3. The van der Waals surface area contributed by atoms with Crippen LogP contribution in [0.25, 0.3) is 0 Å². The summed E-state index contributed by atoms with van der Waals surface area (Å²) < 4.78 is 13.7. The van der Waals surface area contributed by atoms with Crippen LogP contribution in [0.5, 0.6) is 0 Å². The number of halogens is 2. The number of anilines is 1. The number of amides is 2. The quantitative estimate of drug-likeness (QED) is 0.709. The minimum Gasteiger partial charge on any atom is -0.394 e. The van der Waals surface area contributed by atoms with Crippen LogP contribution in [0.3, 0.4) is 0 Å². The standard InChI is InChI=1S/C19H23ClFN5O2/c1-11(10-27)23-18-22-8-14-5-6-26(9-17(14)25-18)19(28)24-12(2)13-3-4-15(20)16(21)7-13/h3-4,7-8,11-12,27H,5-6,9-10H2,1-2H3,(H,24,28)(H,22,23,25)/t11-,12+/m0/s1. The van der Waals surface area contributed by atoms with E-state index in [2.05, 4.69) is 20.6 Å². The fraction of sp³-hybridized carbons (Fsp3) is 0.421. The van der Waals surface area contributed by atoms with E-state index in [-0.39, 0.29) is 29.7 Å². The Hall–Kier alpha value is -2.45. The number of hydrogen-bond donors (Lipinski definition) is 3. The lowest BCUT2D eigenvalue weighted by molar-refractivity contribution is 0.188. The molecule has 0 radical (unpaired) electrons. The van der Waals surface area contributed by atoms with Gasteiger partial charge in [0.1, 0.15) is 5.82 Å². The molecule has 1 aliphatic rings. The van der Waals surface area contributed by atoms with Crippen LogP contribution >= 0.6 is 11.6 Å². The fourth-order valence-corrected chi connectivity index (χ4v) is 3.07. The second-order valence-corrected chi connectivity index (χ2v) is 7.32. The summed E-state index contributed by atoms with van der Waals surface area (Å²) in [4.78, 5) is 23.0. The zero-order valence-corrected chi connectivity index (χ0v) is 16.5. The zero-order chi connectivity index (χ0) is 20.3. The van der Waals surface area contributed by atoms with Crippen molar-refractivity contribution in [3.05, 3.63) is 52.1 Å². The van der Waals surface area contributed by atoms with Gasteiger partial charge in [0, 0.05) is 18.8 Å². The zero-order valence-electron chi connectivity index (χ0n) is 15.7. The number of carbonyl (C=O) groups excluding carboxylic acids is 1. The molecular formula is C19H23ClFN5O2. The highest BCUT2D eigenvalue weighted by molar-refractivity contribution is 6.30. The molecule has 9 heteroatoms. The number of aliphatic hydroxyl groups excluding tert-OH is 1. The Kier molecular flexibility index (Phi) is 6.31. The Labute approximate surface area is 167 Å². The molecule has 2 aromatic rings.